The van der Waals surface area contributed by atoms with E-state index in [9.17, 15) is 0 Å². The van der Waals surface area contributed by atoms with Crippen LogP contribution in [0.3, 0.4) is 0 Å². The molecule has 1 aromatic rings. The van der Waals surface area contributed by atoms with E-state index in [0.29, 0.717) is 0 Å². The number of aryl methyl sites for hydroxylation is 1. The Balaban J connectivity index is 2.62. The molecule has 0 aromatic heterocycles. The molecule has 16 heavy (non-hydrogen) atoms. The summed E-state index contributed by atoms with van der Waals surface area (Å²) in [4.78, 5) is 2.36. The van der Waals surface area contributed by atoms with Gasteiger partial charge in [-0.2, -0.15) is 0 Å². The van der Waals surface area contributed by atoms with Crippen LogP contribution in [0.15, 0.2) is 18.2 Å². The van der Waals surface area contributed by atoms with Gasteiger partial charge in [0.15, 0.2) is 0 Å². The molecule has 1 nitrogen and oxygen atoms in total. The fourth-order valence-corrected chi connectivity index (χ4v) is 2.07. The van der Waals surface area contributed by atoms with Gasteiger partial charge in [0.25, 0.3) is 0 Å². The highest BCUT2D eigenvalue weighted by Crippen LogP contribution is 2.19. The van der Waals surface area contributed by atoms with Crippen LogP contribution in [0.1, 0.15) is 24.5 Å². The maximum Gasteiger partial charge on any atom is 0.0453 e. The minimum Gasteiger partial charge on any atom is -0.299 e. The zero-order valence-corrected chi connectivity index (χ0v) is 11.5. The van der Waals surface area contributed by atoms with Gasteiger partial charge in [0.1, 0.15) is 0 Å². The number of halogens is 2. The highest BCUT2D eigenvalue weighted by atomic mass is 35.5. The van der Waals surface area contributed by atoms with Gasteiger partial charge >= 0.3 is 0 Å². The van der Waals surface area contributed by atoms with Gasteiger partial charge in [0, 0.05) is 17.4 Å². The van der Waals surface area contributed by atoms with Crippen LogP contribution in [-0.4, -0.2) is 23.9 Å². The minimum atomic E-state index is 0.720. The van der Waals surface area contributed by atoms with Crippen LogP contribution in [0.2, 0.25) is 5.02 Å². The lowest BCUT2D eigenvalue weighted by Gasteiger charge is -2.20. The van der Waals surface area contributed by atoms with Gasteiger partial charge in [0.05, 0.1) is 0 Å². The minimum absolute atomic E-state index is 0.720. The smallest absolute Gasteiger partial charge is 0.0453 e. The monoisotopic (exact) mass is 259 g/mol. The first kappa shape index (κ1) is 13.8. The molecule has 0 saturated heterocycles. The first-order chi connectivity index (χ1) is 7.67. The molecule has 1 aromatic carbocycles. The second kappa shape index (κ2) is 7.16. The van der Waals surface area contributed by atoms with Gasteiger partial charge in [-0.25, -0.2) is 0 Å². The Labute approximate surface area is 108 Å². The van der Waals surface area contributed by atoms with Crippen molar-refractivity contribution >= 4 is 23.2 Å². The SMILES string of the molecule is CCN(CCCCl)Cc1ccc(C)cc1Cl. The largest absolute Gasteiger partial charge is 0.299 e. The first-order valence-electron chi connectivity index (χ1n) is 5.70. The molecule has 3 heteroatoms. The van der Waals surface area contributed by atoms with E-state index in [4.69, 9.17) is 23.2 Å². The Bertz CT molecular complexity index is 326. The molecular formula is C13H19Cl2N. The first-order valence-corrected chi connectivity index (χ1v) is 6.62. The molecule has 0 N–H and O–H groups in total. The van der Waals surface area contributed by atoms with Gasteiger partial charge in [0.2, 0.25) is 0 Å². The molecule has 0 aliphatic rings. The van der Waals surface area contributed by atoms with E-state index < -0.39 is 0 Å². The molecule has 0 spiro atoms. The fraction of sp³-hybridized carbons (Fsp3) is 0.538. The maximum absolute atomic E-state index is 6.21. The van der Waals surface area contributed by atoms with E-state index in [2.05, 4.69) is 30.9 Å². The fourth-order valence-electron chi connectivity index (χ4n) is 1.65. The molecule has 0 aliphatic carbocycles. The van der Waals surface area contributed by atoms with Crippen molar-refractivity contribution < 1.29 is 0 Å². The Hall–Kier alpha value is -0.240. The Morgan fingerprint density at radius 2 is 2.06 bits per heavy atom. The predicted molar refractivity (Wildman–Crippen MR) is 72.5 cm³/mol. The van der Waals surface area contributed by atoms with Crippen LogP contribution in [0, 0.1) is 6.92 Å². The van der Waals surface area contributed by atoms with Gasteiger partial charge in [-0.3, -0.25) is 4.90 Å². The molecule has 0 unspecified atom stereocenters. The van der Waals surface area contributed by atoms with Crippen LogP contribution in [0.25, 0.3) is 0 Å². The number of hydrogen-bond acceptors (Lipinski definition) is 1. The normalized spacial score (nSPS) is 11.1. The number of alkyl halides is 1. The molecule has 90 valence electrons. The summed E-state index contributed by atoms with van der Waals surface area (Å²) < 4.78 is 0. The number of hydrogen-bond donors (Lipinski definition) is 0. The van der Waals surface area contributed by atoms with Crippen LogP contribution in [0.4, 0.5) is 0 Å². The zero-order valence-electron chi connectivity index (χ0n) is 9.97. The van der Waals surface area contributed by atoms with Crippen LogP contribution < -0.4 is 0 Å². The van der Waals surface area contributed by atoms with Crippen LogP contribution in [-0.2, 0) is 6.54 Å². The summed E-state index contributed by atoms with van der Waals surface area (Å²) in [6.07, 6.45) is 1.03. The topological polar surface area (TPSA) is 3.24 Å². The molecule has 0 amide bonds. The van der Waals surface area contributed by atoms with Crippen molar-refractivity contribution in [3.63, 3.8) is 0 Å². The zero-order chi connectivity index (χ0) is 12.0. The summed E-state index contributed by atoms with van der Waals surface area (Å²) in [7, 11) is 0. The third-order valence-corrected chi connectivity index (χ3v) is 3.28. The summed E-state index contributed by atoms with van der Waals surface area (Å²) in [6, 6.07) is 6.24. The molecule has 0 saturated carbocycles. The summed E-state index contributed by atoms with van der Waals surface area (Å²) in [5, 5.41) is 0.865. The van der Waals surface area contributed by atoms with Crippen molar-refractivity contribution in [2.24, 2.45) is 0 Å². The average Bonchev–Trinajstić information content (AvgIpc) is 2.27. The molecule has 0 heterocycles. The highest BCUT2D eigenvalue weighted by molar-refractivity contribution is 6.31. The molecule has 0 radical (unpaired) electrons. The third kappa shape index (κ3) is 4.32. The van der Waals surface area contributed by atoms with E-state index in [1.807, 2.05) is 6.07 Å². The van der Waals surface area contributed by atoms with E-state index >= 15 is 0 Å². The number of nitrogens with zero attached hydrogens (tertiary/aromatic N) is 1. The van der Waals surface area contributed by atoms with Gasteiger partial charge < -0.3 is 0 Å². The highest BCUT2D eigenvalue weighted by Gasteiger charge is 2.06. The van der Waals surface area contributed by atoms with Crippen LogP contribution in [0.5, 0.6) is 0 Å². The summed E-state index contributed by atoms with van der Waals surface area (Å²) in [5.74, 6) is 0.720. The quantitative estimate of drug-likeness (QED) is 0.696. The van der Waals surface area contributed by atoms with Crippen molar-refractivity contribution in [2.45, 2.75) is 26.8 Å². The second-order valence-electron chi connectivity index (χ2n) is 4.01. The van der Waals surface area contributed by atoms with Crippen molar-refractivity contribution in [3.05, 3.63) is 34.3 Å². The Morgan fingerprint density at radius 3 is 2.62 bits per heavy atom. The predicted octanol–water partition coefficient (Wildman–Crippen LogP) is 4.10. The molecule has 0 bridgehead atoms. The number of benzene rings is 1. The summed E-state index contributed by atoms with van der Waals surface area (Å²) in [6.45, 7) is 7.19. The van der Waals surface area contributed by atoms with Crippen molar-refractivity contribution in [2.75, 3.05) is 19.0 Å². The molecule has 0 atom stereocenters. The van der Waals surface area contributed by atoms with Gasteiger partial charge in [-0.15, -0.1) is 11.6 Å². The van der Waals surface area contributed by atoms with Gasteiger partial charge in [-0.05, 0) is 43.6 Å². The Morgan fingerprint density at radius 1 is 1.31 bits per heavy atom. The average molecular weight is 260 g/mol. The molecular weight excluding hydrogens is 241 g/mol. The van der Waals surface area contributed by atoms with E-state index in [1.165, 1.54) is 11.1 Å². The van der Waals surface area contributed by atoms with Crippen molar-refractivity contribution in [3.8, 4) is 0 Å². The molecule has 0 fully saturated rings. The third-order valence-electron chi connectivity index (χ3n) is 2.66. The second-order valence-corrected chi connectivity index (χ2v) is 4.79. The van der Waals surface area contributed by atoms with E-state index in [1.54, 1.807) is 0 Å². The van der Waals surface area contributed by atoms with Gasteiger partial charge in [-0.1, -0.05) is 30.7 Å². The van der Waals surface area contributed by atoms with E-state index in [-0.39, 0.29) is 0 Å². The van der Waals surface area contributed by atoms with E-state index in [0.717, 1.165) is 37.0 Å². The standard InChI is InChI=1S/C13H19Cl2N/c1-3-16(8-4-7-14)10-12-6-5-11(2)9-13(12)15/h5-6,9H,3-4,7-8,10H2,1-2H3. The van der Waals surface area contributed by atoms with Crippen LogP contribution >= 0.6 is 23.2 Å². The molecule has 0 aliphatic heterocycles. The lowest BCUT2D eigenvalue weighted by Crippen LogP contribution is -2.24. The maximum atomic E-state index is 6.21. The lowest BCUT2D eigenvalue weighted by atomic mass is 10.1. The summed E-state index contributed by atoms with van der Waals surface area (Å²) >= 11 is 11.9. The van der Waals surface area contributed by atoms with Crippen molar-refractivity contribution in [1.29, 1.82) is 0 Å². The molecule has 1 rings (SSSR count). The summed E-state index contributed by atoms with van der Waals surface area (Å²) in [5.41, 5.74) is 2.40. The number of rotatable bonds is 6. The Kier molecular flexibility index (Phi) is 6.18. The lowest BCUT2D eigenvalue weighted by molar-refractivity contribution is 0.281. The van der Waals surface area contributed by atoms with Crippen molar-refractivity contribution in [1.82, 2.24) is 4.90 Å².